The van der Waals surface area contributed by atoms with Gasteiger partial charge in [0, 0.05) is 0 Å². The third kappa shape index (κ3) is 5.21. The minimum atomic E-state index is -0.0777. The molecular formula is C2H7I2N2O-. The van der Waals surface area contributed by atoms with Gasteiger partial charge in [-0.05, 0) is 0 Å². The second-order valence-electron chi connectivity index (χ2n) is 0.679. The standard InChI is InChI=1S/C2H7I2N2O/c1-4-6(5)7-2-3/h2,5H2,1H3/q-1. The Hall–Kier alpha value is 1.34. The normalized spacial score (nSPS) is 10.9. The van der Waals surface area contributed by atoms with Gasteiger partial charge < -0.3 is 0 Å². The molecule has 7 heavy (non-hydrogen) atoms. The molecular weight excluding hydrogens is 322 g/mol. The Bertz CT molecular complexity index is 44.7. The van der Waals surface area contributed by atoms with Crippen molar-refractivity contribution >= 4 is 22.6 Å². The number of hydrogen-bond donors (Lipinski definition) is 1. The predicted octanol–water partition coefficient (Wildman–Crippen LogP) is -2.88. The van der Waals surface area contributed by atoms with Gasteiger partial charge in [0.25, 0.3) is 0 Å². The Kier molecular flexibility index (Phi) is 6.52. The molecule has 0 fully saturated rings. The molecule has 5 heteroatoms. The molecule has 0 aromatic rings. The van der Waals surface area contributed by atoms with E-state index in [2.05, 4.69) is 22.6 Å². The first-order valence-corrected chi connectivity index (χ1v) is 6.19. The third-order valence-electron chi connectivity index (χ3n) is 0.339. The molecule has 3 nitrogen and oxygen atoms in total. The molecule has 2 N–H and O–H groups in total. The maximum absolute atomic E-state index is 5.24. The summed E-state index contributed by atoms with van der Waals surface area (Å²) in [4.78, 5) is 6.87. The molecule has 0 heterocycles. The van der Waals surface area contributed by atoms with E-state index in [0.717, 1.165) is 0 Å². The second-order valence-corrected chi connectivity index (χ2v) is 3.22. The van der Waals surface area contributed by atoms with Gasteiger partial charge in [0.05, 0.1) is 0 Å². The number of nitrogens with zero attached hydrogens (tertiary/aromatic N) is 1. The van der Waals surface area contributed by atoms with Crippen LogP contribution in [0.2, 0.25) is 0 Å². The maximum atomic E-state index is 5.24. The molecule has 0 aromatic heterocycles. The van der Waals surface area contributed by atoms with Crippen LogP contribution in [0.1, 0.15) is 0 Å². The van der Waals surface area contributed by atoms with E-state index < -0.39 is 0 Å². The van der Waals surface area contributed by atoms with Crippen LogP contribution in [0, 0.1) is 0 Å². The summed E-state index contributed by atoms with van der Waals surface area (Å²) in [6.07, 6.45) is 0. The molecule has 0 atom stereocenters. The molecule has 0 radical (unpaired) electrons. The monoisotopic (exact) mass is 329 g/mol. The van der Waals surface area contributed by atoms with Gasteiger partial charge >= 0.3 is 67.7 Å². The van der Waals surface area contributed by atoms with E-state index in [0.29, 0.717) is 4.61 Å². The van der Waals surface area contributed by atoms with E-state index in [4.69, 9.17) is 10.7 Å². The molecule has 0 aromatic carbocycles. The zero-order valence-electron chi connectivity index (χ0n) is 3.90. The summed E-state index contributed by atoms with van der Waals surface area (Å²) in [6, 6.07) is 0. The van der Waals surface area contributed by atoms with Gasteiger partial charge in [-0.3, -0.25) is 0 Å². The van der Waals surface area contributed by atoms with E-state index in [1.54, 1.807) is 0 Å². The summed E-state index contributed by atoms with van der Waals surface area (Å²) in [5, 5.41) is 0. The van der Waals surface area contributed by atoms with Gasteiger partial charge in [-0.2, -0.15) is 0 Å². The van der Waals surface area contributed by atoms with Crippen molar-refractivity contribution in [3.05, 3.63) is 0 Å². The number of nitrogens with two attached hydrogens (primary N) is 1. The zero-order chi connectivity index (χ0) is 5.70. The number of hydrogen-bond acceptors (Lipinski definition) is 3. The Morgan fingerprint density at radius 2 is 2.57 bits per heavy atom. The Balaban J connectivity index is 2.83. The number of halogens is 2. The molecule has 0 aliphatic heterocycles. The summed E-state index contributed by atoms with van der Waals surface area (Å²) in [7, 11) is 0. The van der Waals surface area contributed by atoms with Crippen molar-refractivity contribution in [1.82, 2.24) is 3.39 Å². The van der Waals surface area contributed by atoms with Gasteiger partial charge in [-0.15, -0.1) is 0 Å². The van der Waals surface area contributed by atoms with Crippen LogP contribution >= 0.6 is 22.6 Å². The van der Waals surface area contributed by atoms with Crippen molar-refractivity contribution in [2.75, 3.05) is 9.54 Å². The van der Waals surface area contributed by atoms with E-state index >= 15 is 0 Å². The van der Waals surface area contributed by atoms with Crippen molar-refractivity contribution in [2.24, 2.45) is 5.84 Å². The molecule has 0 amide bonds. The molecule has 0 rings (SSSR count). The average Bonchev–Trinajstić information content (AvgIpc) is 1.68. The summed E-state index contributed by atoms with van der Waals surface area (Å²) >= 11 is 2.02. The fraction of sp³-hybridized carbons (Fsp3) is 1.00. The fourth-order valence-corrected chi connectivity index (χ4v) is 1.35. The van der Waals surface area contributed by atoms with Crippen molar-refractivity contribution in [3.63, 3.8) is 0 Å². The van der Waals surface area contributed by atoms with Crippen LogP contribution in [0.3, 0.4) is 0 Å². The van der Waals surface area contributed by atoms with Gasteiger partial charge in [-0.25, -0.2) is 0 Å². The predicted molar refractivity (Wildman–Crippen MR) is 31.9 cm³/mol. The fourth-order valence-electron chi connectivity index (χ4n) is 0.0954. The molecule has 0 spiro atoms. The summed E-state index contributed by atoms with van der Waals surface area (Å²) < 4.78 is 2.05. The van der Waals surface area contributed by atoms with Gasteiger partial charge in [0.2, 0.25) is 0 Å². The summed E-state index contributed by atoms with van der Waals surface area (Å²) in [5.74, 6) is 5.24. The number of alkyl halides is 2. The first kappa shape index (κ1) is 8.34. The molecule has 0 saturated heterocycles. The van der Waals surface area contributed by atoms with E-state index in [-0.39, 0.29) is 21.5 Å². The Morgan fingerprint density at radius 1 is 2.00 bits per heavy atom. The minimum absolute atomic E-state index is 0.0777. The van der Waals surface area contributed by atoms with Crippen molar-refractivity contribution in [1.29, 1.82) is 0 Å². The van der Waals surface area contributed by atoms with E-state index in [9.17, 15) is 0 Å². The zero-order valence-corrected chi connectivity index (χ0v) is 8.21. The van der Waals surface area contributed by atoms with Crippen LogP contribution in [0.15, 0.2) is 0 Å². The summed E-state index contributed by atoms with van der Waals surface area (Å²) in [5.41, 5.74) is 0. The SMILES string of the molecule is C[I-]N(N)OCI. The Labute approximate surface area is 67.2 Å². The Morgan fingerprint density at radius 3 is 2.71 bits per heavy atom. The van der Waals surface area contributed by atoms with E-state index in [1.165, 1.54) is 3.39 Å². The topological polar surface area (TPSA) is 38.5 Å². The van der Waals surface area contributed by atoms with Crippen LogP contribution in [0.25, 0.3) is 0 Å². The third-order valence-corrected chi connectivity index (χ3v) is 1.85. The molecule has 0 saturated carbocycles. The number of rotatable bonds is 3. The first-order valence-electron chi connectivity index (χ1n) is 1.54. The van der Waals surface area contributed by atoms with E-state index in [1.807, 2.05) is 4.93 Å². The molecule has 0 aliphatic carbocycles. The summed E-state index contributed by atoms with van der Waals surface area (Å²) in [6.45, 7) is 0. The van der Waals surface area contributed by atoms with Crippen LogP contribution in [0.4, 0.5) is 0 Å². The van der Waals surface area contributed by atoms with Crippen LogP contribution < -0.4 is 27.3 Å². The average molecular weight is 329 g/mol. The van der Waals surface area contributed by atoms with Crippen molar-refractivity contribution in [3.8, 4) is 0 Å². The quantitative estimate of drug-likeness (QED) is 0.199. The number of hydrazine groups is 1. The molecule has 0 bridgehead atoms. The first-order chi connectivity index (χ1) is 3.31. The van der Waals surface area contributed by atoms with Gasteiger partial charge in [0.15, 0.2) is 0 Å². The van der Waals surface area contributed by atoms with Gasteiger partial charge in [0.1, 0.15) is 0 Å². The van der Waals surface area contributed by atoms with Gasteiger partial charge in [-0.1, -0.05) is 0 Å². The molecule has 0 unspecified atom stereocenters. The molecule has 0 aliphatic rings. The second kappa shape index (κ2) is 5.48. The van der Waals surface area contributed by atoms with Crippen molar-refractivity contribution < 1.29 is 26.3 Å². The van der Waals surface area contributed by atoms with Crippen molar-refractivity contribution in [2.45, 2.75) is 0 Å². The van der Waals surface area contributed by atoms with Crippen LogP contribution in [0.5, 0.6) is 0 Å². The van der Waals surface area contributed by atoms with Crippen LogP contribution in [-0.2, 0) is 4.84 Å². The molecule has 46 valence electrons. The van der Waals surface area contributed by atoms with Crippen LogP contribution in [-0.4, -0.2) is 12.9 Å².